The summed E-state index contributed by atoms with van der Waals surface area (Å²) in [7, 11) is 0. The first-order valence-corrected chi connectivity index (χ1v) is 1.90. The van der Waals surface area contributed by atoms with Crippen molar-refractivity contribution in [2.45, 2.75) is 0 Å². The molecule has 0 saturated carbocycles. The molecule has 0 atom stereocenters. The summed E-state index contributed by atoms with van der Waals surface area (Å²) in [5.41, 5.74) is 0.662. The fraction of sp³-hybridized carbons (Fsp3) is 0.200. The SMILES string of the molecule is C=CC(=C)CN=O. The molecule has 0 aromatic heterocycles. The minimum atomic E-state index is 0.156. The van der Waals surface area contributed by atoms with Crippen molar-refractivity contribution in [3.8, 4) is 0 Å². The molecule has 0 radical (unpaired) electrons. The second-order valence-corrected chi connectivity index (χ2v) is 1.15. The van der Waals surface area contributed by atoms with Crippen LogP contribution < -0.4 is 0 Å². The lowest BCUT2D eigenvalue weighted by molar-refractivity contribution is 1.17. The normalized spacial score (nSPS) is 7.43. The van der Waals surface area contributed by atoms with Gasteiger partial charge in [-0.05, 0) is 5.57 Å². The Morgan fingerprint density at radius 1 is 1.86 bits per heavy atom. The van der Waals surface area contributed by atoms with Crippen LogP contribution in [0.1, 0.15) is 0 Å². The molecule has 0 unspecified atom stereocenters. The van der Waals surface area contributed by atoms with Crippen molar-refractivity contribution in [1.82, 2.24) is 0 Å². The molecule has 0 fully saturated rings. The van der Waals surface area contributed by atoms with Crippen LogP contribution in [0.3, 0.4) is 0 Å². The Bertz CT molecular complexity index is 96.3. The van der Waals surface area contributed by atoms with Gasteiger partial charge in [-0.1, -0.05) is 24.4 Å². The summed E-state index contributed by atoms with van der Waals surface area (Å²) in [6.07, 6.45) is 1.52. The van der Waals surface area contributed by atoms with Gasteiger partial charge in [0, 0.05) is 0 Å². The summed E-state index contributed by atoms with van der Waals surface area (Å²) >= 11 is 0. The van der Waals surface area contributed by atoms with E-state index in [1.807, 2.05) is 0 Å². The molecule has 0 rings (SSSR count). The zero-order valence-electron chi connectivity index (χ0n) is 4.05. The molecule has 2 heteroatoms. The van der Waals surface area contributed by atoms with Crippen LogP contribution in [0.2, 0.25) is 0 Å². The second-order valence-electron chi connectivity index (χ2n) is 1.15. The molecule has 0 spiro atoms. The highest BCUT2D eigenvalue weighted by molar-refractivity contribution is 5.12. The quantitative estimate of drug-likeness (QED) is 0.387. The topological polar surface area (TPSA) is 29.4 Å². The van der Waals surface area contributed by atoms with Gasteiger partial charge in [-0.15, -0.1) is 0 Å². The Balaban J connectivity index is 3.36. The fourth-order valence-corrected chi connectivity index (χ4v) is 0.147. The lowest BCUT2D eigenvalue weighted by Crippen LogP contribution is -1.76. The van der Waals surface area contributed by atoms with E-state index in [1.165, 1.54) is 6.08 Å². The van der Waals surface area contributed by atoms with Gasteiger partial charge in [-0.2, -0.15) is 4.91 Å². The highest BCUT2D eigenvalue weighted by Crippen LogP contribution is 1.88. The van der Waals surface area contributed by atoms with E-state index in [-0.39, 0.29) is 6.54 Å². The van der Waals surface area contributed by atoms with Crippen LogP contribution in [0.4, 0.5) is 0 Å². The zero-order chi connectivity index (χ0) is 5.70. The van der Waals surface area contributed by atoms with Crippen LogP contribution in [0.5, 0.6) is 0 Å². The molecule has 0 aromatic carbocycles. The van der Waals surface area contributed by atoms with E-state index < -0.39 is 0 Å². The number of rotatable bonds is 3. The van der Waals surface area contributed by atoms with Gasteiger partial charge >= 0.3 is 0 Å². The summed E-state index contributed by atoms with van der Waals surface area (Å²) < 4.78 is 0. The molecule has 38 valence electrons. The zero-order valence-corrected chi connectivity index (χ0v) is 4.05. The number of nitroso groups, excluding NO2 is 1. The van der Waals surface area contributed by atoms with E-state index in [9.17, 15) is 4.91 Å². The van der Waals surface area contributed by atoms with Crippen molar-refractivity contribution in [3.63, 3.8) is 0 Å². The molecule has 0 aliphatic rings. The third kappa shape index (κ3) is 2.89. The molecular formula is C5H7NO. The summed E-state index contributed by atoms with van der Waals surface area (Å²) in [6, 6.07) is 0. The van der Waals surface area contributed by atoms with Gasteiger partial charge in [0.25, 0.3) is 0 Å². The Morgan fingerprint density at radius 3 is 2.57 bits per heavy atom. The molecule has 0 amide bonds. The summed E-state index contributed by atoms with van der Waals surface area (Å²) in [6.45, 7) is 6.99. The maximum absolute atomic E-state index is 9.42. The summed E-state index contributed by atoms with van der Waals surface area (Å²) in [5, 5.41) is 2.59. The molecule has 0 heterocycles. The van der Waals surface area contributed by atoms with Crippen molar-refractivity contribution in [1.29, 1.82) is 0 Å². The maximum Gasteiger partial charge on any atom is 0.106 e. The van der Waals surface area contributed by atoms with Gasteiger partial charge in [-0.3, -0.25) is 0 Å². The Kier molecular flexibility index (Phi) is 2.85. The van der Waals surface area contributed by atoms with E-state index in [4.69, 9.17) is 0 Å². The second kappa shape index (κ2) is 3.28. The van der Waals surface area contributed by atoms with Crippen molar-refractivity contribution < 1.29 is 0 Å². The molecule has 0 N–H and O–H groups in total. The highest BCUT2D eigenvalue weighted by Gasteiger charge is 1.80. The highest BCUT2D eigenvalue weighted by atomic mass is 16.3. The minimum absolute atomic E-state index is 0.156. The van der Waals surface area contributed by atoms with Crippen LogP contribution in [-0.2, 0) is 0 Å². The van der Waals surface area contributed by atoms with Crippen molar-refractivity contribution in [3.05, 3.63) is 29.7 Å². The molecular weight excluding hydrogens is 90.1 g/mol. The first kappa shape index (κ1) is 6.08. The van der Waals surface area contributed by atoms with E-state index in [2.05, 4.69) is 18.3 Å². The average molecular weight is 97.1 g/mol. The molecule has 0 aliphatic carbocycles. The minimum Gasteiger partial charge on any atom is -0.150 e. The molecule has 7 heavy (non-hydrogen) atoms. The van der Waals surface area contributed by atoms with Crippen molar-refractivity contribution in [2.75, 3.05) is 6.54 Å². The van der Waals surface area contributed by atoms with Gasteiger partial charge < -0.3 is 0 Å². The van der Waals surface area contributed by atoms with Gasteiger partial charge in [-0.25, -0.2) is 0 Å². The van der Waals surface area contributed by atoms with Gasteiger partial charge in [0.15, 0.2) is 0 Å². The molecule has 0 saturated heterocycles. The smallest absolute Gasteiger partial charge is 0.106 e. The predicted octanol–water partition coefficient (Wildman–Crippen LogP) is 1.49. The van der Waals surface area contributed by atoms with Crippen LogP contribution >= 0.6 is 0 Å². The Hall–Kier alpha value is -0.920. The van der Waals surface area contributed by atoms with Crippen LogP contribution in [-0.4, -0.2) is 6.54 Å². The van der Waals surface area contributed by atoms with E-state index >= 15 is 0 Å². The van der Waals surface area contributed by atoms with Crippen molar-refractivity contribution >= 4 is 0 Å². The van der Waals surface area contributed by atoms with Gasteiger partial charge in [0.1, 0.15) is 6.54 Å². The molecule has 2 nitrogen and oxygen atoms in total. The first-order chi connectivity index (χ1) is 3.31. The fourth-order valence-electron chi connectivity index (χ4n) is 0.147. The maximum atomic E-state index is 9.42. The molecule has 0 aliphatic heterocycles. The van der Waals surface area contributed by atoms with Gasteiger partial charge in [0.2, 0.25) is 0 Å². The summed E-state index contributed by atoms with van der Waals surface area (Å²) in [5.74, 6) is 0. The van der Waals surface area contributed by atoms with E-state index in [0.717, 1.165) is 0 Å². The summed E-state index contributed by atoms with van der Waals surface area (Å²) in [4.78, 5) is 9.42. The predicted molar refractivity (Wildman–Crippen MR) is 30.0 cm³/mol. The van der Waals surface area contributed by atoms with Crippen molar-refractivity contribution in [2.24, 2.45) is 5.18 Å². The lowest BCUT2D eigenvalue weighted by Gasteiger charge is -1.82. The van der Waals surface area contributed by atoms with Crippen LogP contribution in [0.15, 0.2) is 30.0 Å². The number of nitrogens with zero attached hydrogens (tertiary/aromatic N) is 1. The number of hydrogen-bond donors (Lipinski definition) is 0. The molecule has 0 bridgehead atoms. The standard InChI is InChI=1S/C5H7NO/c1-3-5(2)4-6-7/h3H,1-2,4H2. The Labute approximate surface area is 42.5 Å². The Morgan fingerprint density at radius 2 is 2.43 bits per heavy atom. The lowest BCUT2D eigenvalue weighted by atomic mass is 10.3. The number of hydrogen-bond acceptors (Lipinski definition) is 2. The monoisotopic (exact) mass is 97.1 g/mol. The average Bonchev–Trinajstić information content (AvgIpc) is 1.68. The molecule has 0 aromatic rings. The first-order valence-electron chi connectivity index (χ1n) is 1.90. The van der Waals surface area contributed by atoms with Crippen LogP contribution in [0, 0.1) is 4.91 Å². The largest absolute Gasteiger partial charge is 0.150 e. The van der Waals surface area contributed by atoms with E-state index in [0.29, 0.717) is 5.57 Å². The third-order valence-electron chi connectivity index (χ3n) is 0.556. The van der Waals surface area contributed by atoms with Crippen LogP contribution in [0.25, 0.3) is 0 Å². The van der Waals surface area contributed by atoms with Gasteiger partial charge in [0.05, 0.1) is 0 Å². The van der Waals surface area contributed by atoms with E-state index in [1.54, 1.807) is 0 Å². The third-order valence-corrected chi connectivity index (χ3v) is 0.556.